The van der Waals surface area contributed by atoms with Crippen LogP contribution in [-0.4, -0.2) is 12.1 Å². The molecule has 0 aliphatic rings. The molecule has 4 heteroatoms. The van der Waals surface area contributed by atoms with Crippen molar-refractivity contribution in [2.75, 3.05) is 12.5 Å². The molecular formula is C14H19N3O. The third-order valence-electron chi connectivity index (χ3n) is 3.15. The van der Waals surface area contributed by atoms with Crippen molar-refractivity contribution < 1.29 is 4.74 Å². The molecule has 2 rings (SSSR count). The normalized spacial score (nSPS) is 11.0. The Balaban J connectivity index is 2.88. The van der Waals surface area contributed by atoms with E-state index in [4.69, 9.17) is 10.6 Å². The van der Waals surface area contributed by atoms with Gasteiger partial charge in [0, 0.05) is 16.6 Å². The van der Waals surface area contributed by atoms with Crippen LogP contribution in [0.5, 0.6) is 5.75 Å². The molecule has 1 heterocycles. The number of hydrogen-bond acceptors (Lipinski definition) is 4. The van der Waals surface area contributed by atoms with Crippen molar-refractivity contribution in [1.29, 1.82) is 0 Å². The molecule has 0 atom stereocenters. The predicted molar refractivity (Wildman–Crippen MR) is 74.9 cm³/mol. The summed E-state index contributed by atoms with van der Waals surface area (Å²) in [6.07, 6.45) is 0. The first-order chi connectivity index (χ1) is 8.60. The van der Waals surface area contributed by atoms with Gasteiger partial charge in [0.15, 0.2) is 0 Å². The quantitative estimate of drug-likeness (QED) is 0.644. The molecular weight excluding hydrogens is 226 g/mol. The zero-order valence-electron chi connectivity index (χ0n) is 11.2. The molecule has 0 aliphatic heterocycles. The molecule has 1 aromatic heterocycles. The maximum absolute atomic E-state index is 5.70. The highest BCUT2D eigenvalue weighted by Gasteiger charge is 2.16. The van der Waals surface area contributed by atoms with Crippen molar-refractivity contribution in [3.63, 3.8) is 0 Å². The highest BCUT2D eigenvalue weighted by molar-refractivity contribution is 5.96. The number of nitrogens with two attached hydrogens (primary N) is 1. The summed E-state index contributed by atoms with van der Waals surface area (Å²) in [4.78, 5) is 4.66. The lowest BCUT2D eigenvalue weighted by molar-refractivity contribution is 0.419. The van der Waals surface area contributed by atoms with Gasteiger partial charge in [-0.15, -0.1) is 0 Å². The first-order valence-corrected chi connectivity index (χ1v) is 6.04. The van der Waals surface area contributed by atoms with E-state index >= 15 is 0 Å². The zero-order valence-corrected chi connectivity index (χ0v) is 11.2. The number of aromatic nitrogens is 1. The van der Waals surface area contributed by atoms with E-state index in [0.717, 1.165) is 33.6 Å². The Morgan fingerprint density at radius 3 is 2.61 bits per heavy atom. The molecule has 0 fully saturated rings. The minimum Gasteiger partial charge on any atom is -0.494 e. The van der Waals surface area contributed by atoms with Crippen LogP contribution in [0.3, 0.4) is 0 Å². The van der Waals surface area contributed by atoms with Crippen LogP contribution >= 0.6 is 0 Å². The van der Waals surface area contributed by atoms with Crippen molar-refractivity contribution >= 4 is 16.6 Å². The second kappa shape index (κ2) is 4.82. The van der Waals surface area contributed by atoms with Gasteiger partial charge in [-0.25, -0.2) is 4.98 Å². The van der Waals surface area contributed by atoms with Gasteiger partial charge in [0.05, 0.1) is 12.8 Å². The highest BCUT2D eigenvalue weighted by atomic mass is 16.5. The number of pyridine rings is 1. The number of para-hydroxylation sites is 1. The lowest BCUT2D eigenvalue weighted by Gasteiger charge is -2.18. The van der Waals surface area contributed by atoms with E-state index < -0.39 is 0 Å². The average Bonchev–Trinajstić information content (AvgIpc) is 2.35. The second-order valence-corrected chi connectivity index (χ2v) is 4.64. The molecule has 0 saturated heterocycles. The Labute approximate surface area is 107 Å². The van der Waals surface area contributed by atoms with Crippen LogP contribution in [0, 0.1) is 6.92 Å². The second-order valence-electron chi connectivity index (χ2n) is 4.64. The summed E-state index contributed by atoms with van der Waals surface area (Å²) >= 11 is 0. The molecule has 0 amide bonds. The van der Waals surface area contributed by atoms with Crippen molar-refractivity contribution in [1.82, 2.24) is 4.98 Å². The maximum atomic E-state index is 5.70. The third-order valence-corrected chi connectivity index (χ3v) is 3.15. The van der Waals surface area contributed by atoms with E-state index in [-0.39, 0.29) is 0 Å². The lowest BCUT2D eigenvalue weighted by atomic mass is 9.97. The summed E-state index contributed by atoms with van der Waals surface area (Å²) in [5, 5.41) is 0.992. The molecule has 2 aromatic rings. The van der Waals surface area contributed by atoms with E-state index in [1.165, 1.54) is 0 Å². The SMILES string of the molecule is COc1cccc2c(NN)c(C(C)C)c(C)nc12. The standard InChI is InChI=1S/C14H19N3O/c1-8(2)12-9(3)16-13-10(14(12)17-15)6-5-7-11(13)18-4/h5-8H,15H2,1-4H3,(H,16,17). The van der Waals surface area contributed by atoms with Gasteiger partial charge in [-0.1, -0.05) is 26.0 Å². The van der Waals surface area contributed by atoms with Gasteiger partial charge in [-0.3, -0.25) is 5.84 Å². The number of fused-ring (bicyclic) bond motifs is 1. The van der Waals surface area contributed by atoms with E-state index in [2.05, 4.69) is 24.3 Å². The molecule has 96 valence electrons. The van der Waals surface area contributed by atoms with Crippen molar-refractivity contribution in [3.05, 3.63) is 29.5 Å². The number of hydrogen-bond donors (Lipinski definition) is 2. The van der Waals surface area contributed by atoms with Gasteiger partial charge in [-0.05, 0) is 18.9 Å². The number of methoxy groups -OCH3 is 1. The van der Waals surface area contributed by atoms with Gasteiger partial charge < -0.3 is 10.2 Å². The van der Waals surface area contributed by atoms with Gasteiger partial charge >= 0.3 is 0 Å². The summed E-state index contributed by atoms with van der Waals surface area (Å²) in [5.41, 5.74) is 6.73. The first kappa shape index (κ1) is 12.6. The molecule has 0 spiro atoms. The monoisotopic (exact) mass is 245 g/mol. The van der Waals surface area contributed by atoms with Gasteiger partial charge in [0.2, 0.25) is 0 Å². The minimum absolute atomic E-state index is 0.360. The number of rotatable bonds is 3. The number of ether oxygens (including phenoxy) is 1. The van der Waals surface area contributed by atoms with Gasteiger partial charge in [0.1, 0.15) is 11.3 Å². The first-order valence-electron chi connectivity index (χ1n) is 6.04. The van der Waals surface area contributed by atoms with Gasteiger partial charge in [0.25, 0.3) is 0 Å². The maximum Gasteiger partial charge on any atom is 0.145 e. The summed E-state index contributed by atoms with van der Waals surface area (Å²) < 4.78 is 5.35. The summed E-state index contributed by atoms with van der Waals surface area (Å²) in [7, 11) is 1.65. The smallest absolute Gasteiger partial charge is 0.145 e. The number of nitrogens with zero attached hydrogens (tertiary/aromatic N) is 1. The van der Waals surface area contributed by atoms with Crippen LogP contribution in [0.1, 0.15) is 31.0 Å². The summed E-state index contributed by atoms with van der Waals surface area (Å²) in [6.45, 7) is 6.27. The van der Waals surface area contributed by atoms with E-state index in [9.17, 15) is 0 Å². The number of nitrogen functional groups attached to an aromatic ring is 1. The van der Waals surface area contributed by atoms with Crippen molar-refractivity contribution in [3.8, 4) is 5.75 Å². The summed E-state index contributed by atoms with van der Waals surface area (Å²) in [6, 6.07) is 5.86. The number of anilines is 1. The van der Waals surface area contributed by atoms with Crippen LogP contribution < -0.4 is 16.0 Å². The Bertz CT molecular complexity index is 579. The summed E-state index contributed by atoms with van der Waals surface area (Å²) in [5.74, 6) is 6.82. The largest absolute Gasteiger partial charge is 0.494 e. The van der Waals surface area contributed by atoms with E-state index in [1.807, 2.05) is 25.1 Å². The van der Waals surface area contributed by atoms with Crippen molar-refractivity contribution in [2.45, 2.75) is 26.7 Å². The zero-order chi connectivity index (χ0) is 13.3. The van der Waals surface area contributed by atoms with Crippen LogP contribution in [0.25, 0.3) is 10.9 Å². The minimum atomic E-state index is 0.360. The molecule has 0 saturated carbocycles. The number of hydrazine groups is 1. The number of aryl methyl sites for hydroxylation is 1. The molecule has 1 aromatic carbocycles. The van der Waals surface area contributed by atoms with Crippen LogP contribution in [0.4, 0.5) is 5.69 Å². The Morgan fingerprint density at radius 2 is 2.06 bits per heavy atom. The third kappa shape index (κ3) is 1.88. The van der Waals surface area contributed by atoms with Crippen LogP contribution in [0.15, 0.2) is 18.2 Å². The number of benzene rings is 1. The van der Waals surface area contributed by atoms with Crippen LogP contribution in [-0.2, 0) is 0 Å². The fourth-order valence-electron chi connectivity index (χ4n) is 2.42. The molecule has 3 N–H and O–H groups in total. The Kier molecular flexibility index (Phi) is 3.39. The predicted octanol–water partition coefficient (Wildman–Crippen LogP) is 2.96. The molecule has 4 nitrogen and oxygen atoms in total. The van der Waals surface area contributed by atoms with Crippen molar-refractivity contribution in [2.24, 2.45) is 5.84 Å². The average molecular weight is 245 g/mol. The Morgan fingerprint density at radius 1 is 1.33 bits per heavy atom. The van der Waals surface area contributed by atoms with Gasteiger partial charge in [-0.2, -0.15) is 0 Å². The van der Waals surface area contributed by atoms with Crippen LogP contribution in [0.2, 0.25) is 0 Å². The topological polar surface area (TPSA) is 60.2 Å². The van der Waals surface area contributed by atoms with E-state index in [1.54, 1.807) is 7.11 Å². The number of nitrogens with one attached hydrogen (secondary N) is 1. The molecule has 0 bridgehead atoms. The lowest BCUT2D eigenvalue weighted by Crippen LogP contribution is -2.12. The Hall–Kier alpha value is -1.81. The molecule has 18 heavy (non-hydrogen) atoms. The van der Waals surface area contributed by atoms with E-state index in [0.29, 0.717) is 5.92 Å². The molecule has 0 unspecified atom stereocenters. The molecule has 0 radical (unpaired) electrons. The fraction of sp³-hybridized carbons (Fsp3) is 0.357. The fourth-order valence-corrected chi connectivity index (χ4v) is 2.42. The molecule has 0 aliphatic carbocycles. The highest BCUT2D eigenvalue weighted by Crippen LogP contribution is 2.36.